The van der Waals surface area contributed by atoms with Crippen molar-refractivity contribution in [1.82, 2.24) is 0 Å². The Morgan fingerprint density at radius 1 is 1.31 bits per heavy atom. The molecule has 1 aromatic carbocycles. The molecule has 3 heteroatoms. The molecule has 0 saturated carbocycles. The Bertz CT molecular complexity index is 302. The van der Waals surface area contributed by atoms with Gasteiger partial charge in [-0.05, 0) is 25.0 Å². The molecule has 1 unspecified atom stereocenters. The highest BCUT2D eigenvalue weighted by atomic mass is 16.5. The zero-order valence-corrected chi connectivity index (χ0v) is 10.1. The molecule has 0 saturated heterocycles. The number of rotatable bonds is 7. The first kappa shape index (κ1) is 13.0. The number of benzene rings is 1. The van der Waals surface area contributed by atoms with Gasteiger partial charge in [0.05, 0.1) is 12.7 Å². The lowest BCUT2D eigenvalue weighted by Crippen LogP contribution is -2.25. The maximum absolute atomic E-state index is 9.62. The van der Waals surface area contributed by atoms with Gasteiger partial charge in [0.2, 0.25) is 0 Å². The number of hydrogen-bond donors (Lipinski definition) is 2. The standard InChI is InChI=1S/C13H21NO2/c1-3-11-7-5-6-8-13(11)14-9-12(15)10-16-4-2/h5-8,12,14-15H,3-4,9-10H2,1-2H3. The van der Waals surface area contributed by atoms with Crippen LogP contribution in [0.2, 0.25) is 0 Å². The van der Waals surface area contributed by atoms with E-state index >= 15 is 0 Å². The second-order valence-corrected chi connectivity index (χ2v) is 3.70. The van der Waals surface area contributed by atoms with Gasteiger partial charge in [-0.1, -0.05) is 25.1 Å². The third-order valence-electron chi connectivity index (χ3n) is 2.44. The number of anilines is 1. The minimum atomic E-state index is -0.454. The number of aliphatic hydroxyl groups is 1. The maximum atomic E-state index is 9.62. The van der Waals surface area contributed by atoms with Crippen molar-refractivity contribution < 1.29 is 9.84 Å². The van der Waals surface area contributed by atoms with Gasteiger partial charge in [0.25, 0.3) is 0 Å². The van der Waals surface area contributed by atoms with Crippen LogP contribution in [0.15, 0.2) is 24.3 Å². The minimum absolute atomic E-state index is 0.387. The Labute approximate surface area is 97.4 Å². The molecule has 1 atom stereocenters. The summed E-state index contributed by atoms with van der Waals surface area (Å²) in [7, 11) is 0. The molecule has 0 aromatic heterocycles. The Balaban J connectivity index is 2.41. The number of hydrogen-bond acceptors (Lipinski definition) is 3. The lowest BCUT2D eigenvalue weighted by atomic mass is 10.1. The zero-order valence-electron chi connectivity index (χ0n) is 10.1. The Morgan fingerprint density at radius 2 is 2.06 bits per heavy atom. The van der Waals surface area contributed by atoms with Gasteiger partial charge in [-0.25, -0.2) is 0 Å². The molecule has 0 aliphatic heterocycles. The van der Waals surface area contributed by atoms with Crippen LogP contribution in [0.4, 0.5) is 5.69 Å². The minimum Gasteiger partial charge on any atom is -0.389 e. The normalized spacial score (nSPS) is 12.4. The summed E-state index contributed by atoms with van der Waals surface area (Å²) in [4.78, 5) is 0. The van der Waals surface area contributed by atoms with E-state index < -0.39 is 6.10 Å². The lowest BCUT2D eigenvalue weighted by Gasteiger charge is -2.14. The Kier molecular flexibility index (Phi) is 5.90. The molecular weight excluding hydrogens is 202 g/mol. The van der Waals surface area contributed by atoms with Crippen molar-refractivity contribution in [2.75, 3.05) is 25.1 Å². The summed E-state index contributed by atoms with van der Waals surface area (Å²) < 4.78 is 5.15. The quantitative estimate of drug-likeness (QED) is 0.743. The van der Waals surface area contributed by atoms with Crippen LogP contribution in [-0.4, -0.2) is 31.0 Å². The van der Waals surface area contributed by atoms with Crippen LogP contribution in [0.25, 0.3) is 0 Å². The predicted molar refractivity (Wildman–Crippen MR) is 66.8 cm³/mol. The molecule has 0 amide bonds. The topological polar surface area (TPSA) is 41.5 Å². The van der Waals surface area contributed by atoms with Gasteiger partial charge in [0.1, 0.15) is 0 Å². The molecule has 1 aromatic rings. The molecule has 0 heterocycles. The fourth-order valence-electron chi connectivity index (χ4n) is 1.54. The molecule has 0 bridgehead atoms. The van der Waals surface area contributed by atoms with Crippen LogP contribution in [0.1, 0.15) is 19.4 Å². The van der Waals surface area contributed by atoms with E-state index in [1.807, 2.05) is 25.1 Å². The van der Waals surface area contributed by atoms with Gasteiger partial charge in [-0.3, -0.25) is 0 Å². The molecule has 0 radical (unpaired) electrons. The van der Waals surface area contributed by atoms with E-state index in [2.05, 4.69) is 18.3 Å². The van der Waals surface area contributed by atoms with E-state index in [4.69, 9.17) is 4.74 Å². The molecule has 16 heavy (non-hydrogen) atoms. The number of para-hydroxylation sites is 1. The Morgan fingerprint density at radius 3 is 2.75 bits per heavy atom. The van der Waals surface area contributed by atoms with Crippen molar-refractivity contribution in [2.45, 2.75) is 26.4 Å². The molecule has 3 nitrogen and oxygen atoms in total. The molecule has 0 fully saturated rings. The van der Waals surface area contributed by atoms with Crippen LogP contribution in [0.5, 0.6) is 0 Å². The highest BCUT2D eigenvalue weighted by Gasteiger charge is 2.05. The van der Waals surface area contributed by atoms with Gasteiger partial charge < -0.3 is 15.2 Å². The van der Waals surface area contributed by atoms with E-state index in [-0.39, 0.29) is 0 Å². The van der Waals surface area contributed by atoms with Gasteiger partial charge in [0.15, 0.2) is 0 Å². The molecule has 2 N–H and O–H groups in total. The summed E-state index contributed by atoms with van der Waals surface area (Å²) in [6.07, 6.45) is 0.537. The lowest BCUT2D eigenvalue weighted by molar-refractivity contribution is 0.0496. The fraction of sp³-hybridized carbons (Fsp3) is 0.538. The monoisotopic (exact) mass is 223 g/mol. The summed E-state index contributed by atoms with van der Waals surface area (Å²) in [6, 6.07) is 8.15. The van der Waals surface area contributed by atoms with Crippen molar-refractivity contribution >= 4 is 5.69 Å². The van der Waals surface area contributed by atoms with Crippen molar-refractivity contribution in [3.63, 3.8) is 0 Å². The van der Waals surface area contributed by atoms with E-state index in [1.165, 1.54) is 5.56 Å². The second kappa shape index (κ2) is 7.25. The van der Waals surface area contributed by atoms with E-state index in [0.29, 0.717) is 19.8 Å². The van der Waals surface area contributed by atoms with Crippen molar-refractivity contribution in [1.29, 1.82) is 0 Å². The molecule has 1 rings (SSSR count). The van der Waals surface area contributed by atoms with Crippen molar-refractivity contribution in [3.05, 3.63) is 29.8 Å². The number of aryl methyl sites for hydroxylation is 1. The van der Waals surface area contributed by atoms with Gasteiger partial charge in [0, 0.05) is 18.8 Å². The van der Waals surface area contributed by atoms with Crippen molar-refractivity contribution in [2.24, 2.45) is 0 Å². The fourth-order valence-corrected chi connectivity index (χ4v) is 1.54. The smallest absolute Gasteiger partial charge is 0.0945 e. The third kappa shape index (κ3) is 4.21. The maximum Gasteiger partial charge on any atom is 0.0945 e. The van der Waals surface area contributed by atoms with Gasteiger partial charge in [-0.15, -0.1) is 0 Å². The summed E-state index contributed by atoms with van der Waals surface area (Å²) in [5.41, 5.74) is 2.37. The van der Waals surface area contributed by atoms with Crippen LogP contribution in [0.3, 0.4) is 0 Å². The van der Waals surface area contributed by atoms with Gasteiger partial charge in [-0.2, -0.15) is 0 Å². The zero-order chi connectivity index (χ0) is 11.8. The molecule has 90 valence electrons. The first-order valence-corrected chi connectivity index (χ1v) is 5.85. The highest BCUT2D eigenvalue weighted by Crippen LogP contribution is 2.15. The summed E-state index contributed by atoms with van der Waals surface area (Å²) in [5, 5.41) is 12.9. The van der Waals surface area contributed by atoms with Crippen LogP contribution >= 0.6 is 0 Å². The number of aliphatic hydroxyl groups excluding tert-OH is 1. The van der Waals surface area contributed by atoms with E-state index in [1.54, 1.807) is 0 Å². The molecule has 0 aliphatic rings. The first-order chi connectivity index (χ1) is 7.77. The van der Waals surface area contributed by atoms with E-state index in [9.17, 15) is 5.11 Å². The summed E-state index contributed by atoms with van der Waals surface area (Å²) in [5.74, 6) is 0. The molecule has 0 aliphatic carbocycles. The average Bonchev–Trinajstić information content (AvgIpc) is 2.34. The summed E-state index contributed by atoms with van der Waals surface area (Å²) in [6.45, 7) is 5.60. The SMILES string of the molecule is CCOCC(O)CNc1ccccc1CC. The van der Waals surface area contributed by atoms with Crippen molar-refractivity contribution in [3.8, 4) is 0 Å². The number of ether oxygens (including phenoxy) is 1. The predicted octanol–water partition coefficient (Wildman–Crippen LogP) is 2.06. The van der Waals surface area contributed by atoms with Gasteiger partial charge >= 0.3 is 0 Å². The van der Waals surface area contributed by atoms with Crippen LogP contribution in [-0.2, 0) is 11.2 Å². The molecule has 0 spiro atoms. The molecular formula is C13H21NO2. The summed E-state index contributed by atoms with van der Waals surface area (Å²) >= 11 is 0. The van der Waals surface area contributed by atoms with Crippen LogP contribution < -0.4 is 5.32 Å². The second-order valence-electron chi connectivity index (χ2n) is 3.70. The third-order valence-corrected chi connectivity index (χ3v) is 2.44. The average molecular weight is 223 g/mol. The Hall–Kier alpha value is -1.06. The number of nitrogens with one attached hydrogen (secondary N) is 1. The van der Waals surface area contributed by atoms with Crippen LogP contribution in [0, 0.1) is 0 Å². The first-order valence-electron chi connectivity index (χ1n) is 5.85. The highest BCUT2D eigenvalue weighted by molar-refractivity contribution is 5.51. The van der Waals surface area contributed by atoms with E-state index in [0.717, 1.165) is 12.1 Å². The largest absolute Gasteiger partial charge is 0.389 e.